The third-order valence-corrected chi connectivity index (χ3v) is 4.32. The Morgan fingerprint density at radius 1 is 1.11 bits per heavy atom. The molecule has 0 saturated heterocycles. The number of halogens is 1. The van der Waals surface area contributed by atoms with Gasteiger partial charge in [-0.1, -0.05) is 11.6 Å². The van der Waals surface area contributed by atoms with Gasteiger partial charge in [0.05, 0.1) is 19.2 Å². The molecule has 7 heteroatoms. The molecule has 142 valence electrons. The monoisotopic (exact) mass is 389 g/mol. The van der Waals surface area contributed by atoms with E-state index >= 15 is 0 Å². The van der Waals surface area contributed by atoms with Crippen molar-refractivity contribution in [3.05, 3.63) is 46.5 Å². The van der Waals surface area contributed by atoms with Crippen LogP contribution in [0.1, 0.15) is 11.1 Å². The fourth-order valence-corrected chi connectivity index (χ4v) is 2.96. The van der Waals surface area contributed by atoms with Crippen LogP contribution in [-0.2, 0) is 4.79 Å². The van der Waals surface area contributed by atoms with Crippen LogP contribution in [0.25, 0.3) is 6.08 Å². The Kier molecular flexibility index (Phi) is 5.76. The number of amides is 1. The molecule has 0 saturated carbocycles. The van der Waals surface area contributed by atoms with Gasteiger partial charge in [0.1, 0.15) is 13.2 Å². The van der Waals surface area contributed by atoms with Crippen molar-refractivity contribution in [2.75, 3.05) is 32.8 Å². The Morgan fingerprint density at radius 3 is 2.56 bits per heavy atom. The van der Waals surface area contributed by atoms with Crippen LogP contribution in [-0.4, -0.2) is 33.3 Å². The molecular weight excluding hydrogens is 370 g/mol. The Labute approximate surface area is 162 Å². The minimum atomic E-state index is -0.281. The van der Waals surface area contributed by atoms with Crippen LogP contribution in [0.2, 0.25) is 5.02 Å². The van der Waals surface area contributed by atoms with E-state index in [0.29, 0.717) is 46.9 Å². The number of hydrogen-bond acceptors (Lipinski definition) is 5. The van der Waals surface area contributed by atoms with E-state index in [4.69, 9.17) is 30.5 Å². The first-order valence-corrected chi connectivity index (χ1v) is 8.70. The number of nitrogens with one attached hydrogen (secondary N) is 1. The van der Waals surface area contributed by atoms with Crippen LogP contribution in [0.3, 0.4) is 0 Å². The molecule has 1 aliphatic rings. The summed E-state index contributed by atoms with van der Waals surface area (Å²) in [5.74, 6) is 1.97. The summed E-state index contributed by atoms with van der Waals surface area (Å²) in [6.45, 7) is 2.81. The average molecular weight is 390 g/mol. The SMILES string of the molecule is COc1cc(C)c(NC(=O)/C=C/c2cc(Cl)c3c(c2)OCCO3)cc1OC. The first-order chi connectivity index (χ1) is 13.0. The Bertz CT molecular complexity index is 894. The van der Waals surface area contributed by atoms with E-state index < -0.39 is 0 Å². The molecule has 1 amide bonds. The number of carbonyl (C=O) groups excluding carboxylic acids is 1. The molecule has 0 aromatic heterocycles. The highest BCUT2D eigenvalue weighted by Gasteiger charge is 2.16. The van der Waals surface area contributed by atoms with Crippen molar-refractivity contribution in [2.45, 2.75) is 6.92 Å². The minimum absolute atomic E-state index is 0.281. The van der Waals surface area contributed by atoms with Crippen LogP contribution in [0.4, 0.5) is 5.69 Å². The van der Waals surface area contributed by atoms with Crippen LogP contribution in [0, 0.1) is 6.92 Å². The van der Waals surface area contributed by atoms with Gasteiger partial charge in [-0.15, -0.1) is 0 Å². The molecule has 27 heavy (non-hydrogen) atoms. The molecule has 2 aromatic carbocycles. The summed E-state index contributed by atoms with van der Waals surface area (Å²) in [5.41, 5.74) is 2.24. The summed E-state index contributed by atoms with van der Waals surface area (Å²) in [4.78, 5) is 12.3. The van der Waals surface area contributed by atoms with Crippen molar-refractivity contribution >= 4 is 29.3 Å². The third-order valence-electron chi connectivity index (χ3n) is 4.03. The second-order valence-corrected chi connectivity index (χ2v) is 6.28. The summed E-state index contributed by atoms with van der Waals surface area (Å²) in [6, 6.07) is 7.03. The number of ether oxygens (including phenoxy) is 4. The molecule has 0 radical (unpaired) electrons. The summed E-state index contributed by atoms with van der Waals surface area (Å²) in [7, 11) is 3.11. The number of hydrogen-bond donors (Lipinski definition) is 1. The van der Waals surface area contributed by atoms with E-state index in [2.05, 4.69) is 5.32 Å². The van der Waals surface area contributed by atoms with E-state index in [1.54, 1.807) is 44.6 Å². The van der Waals surface area contributed by atoms with E-state index in [-0.39, 0.29) is 5.91 Å². The van der Waals surface area contributed by atoms with Crippen LogP contribution in [0.5, 0.6) is 23.0 Å². The second kappa shape index (κ2) is 8.22. The molecule has 0 fully saturated rings. The largest absolute Gasteiger partial charge is 0.493 e. The molecule has 1 heterocycles. The lowest BCUT2D eigenvalue weighted by Gasteiger charge is -2.19. The van der Waals surface area contributed by atoms with Gasteiger partial charge < -0.3 is 24.3 Å². The molecule has 1 N–H and O–H groups in total. The second-order valence-electron chi connectivity index (χ2n) is 5.87. The highest BCUT2D eigenvalue weighted by atomic mass is 35.5. The van der Waals surface area contributed by atoms with Gasteiger partial charge in [-0.05, 0) is 42.3 Å². The van der Waals surface area contributed by atoms with Crippen molar-refractivity contribution in [1.29, 1.82) is 0 Å². The van der Waals surface area contributed by atoms with E-state index in [1.807, 2.05) is 6.92 Å². The maximum Gasteiger partial charge on any atom is 0.248 e. The van der Waals surface area contributed by atoms with Crippen molar-refractivity contribution in [3.63, 3.8) is 0 Å². The zero-order chi connectivity index (χ0) is 19.4. The Hall–Kier alpha value is -2.86. The summed E-state index contributed by atoms with van der Waals surface area (Å²) in [6.07, 6.45) is 3.09. The predicted molar refractivity (Wildman–Crippen MR) is 104 cm³/mol. The number of rotatable bonds is 5. The number of aryl methyl sites for hydroxylation is 1. The molecule has 1 aliphatic heterocycles. The van der Waals surface area contributed by atoms with Crippen molar-refractivity contribution < 1.29 is 23.7 Å². The van der Waals surface area contributed by atoms with Crippen molar-refractivity contribution in [2.24, 2.45) is 0 Å². The summed E-state index contributed by atoms with van der Waals surface area (Å²) >= 11 is 6.21. The zero-order valence-corrected chi connectivity index (χ0v) is 16.1. The first kappa shape index (κ1) is 18.9. The fraction of sp³-hybridized carbons (Fsp3) is 0.250. The van der Waals surface area contributed by atoms with Crippen LogP contribution < -0.4 is 24.3 Å². The summed E-state index contributed by atoms with van der Waals surface area (Å²) in [5, 5.41) is 3.28. The van der Waals surface area contributed by atoms with Gasteiger partial charge in [0.2, 0.25) is 5.91 Å². The lowest BCUT2D eigenvalue weighted by Crippen LogP contribution is -2.15. The molecule has 0 aliphatic carbocycles. The van der Waals surface area contributed by atoms with Crippen molar-refractivity contribution in [1.82, 2.24) is 0 Å². The molecule has 6 nitrogen and oxygen atoms in total. The average Bonchev–Trinajstić information content (AvgIpc) is 2.67. The minimum Gasteiger partial charge on any atom is -0.493 e. The van der Waals surface area contributed by atoms with E-state index in [0.717, 1.165) is 11.1 Å². The van der Waals surface area contributed by atoms with Gasteiger partial charge in [0.15, 0.2) is 23.0 Å². The van der Waals surface area contributed by atoms with Gasteiger partial charge in [0, 0.05) is 17.8 Å². The number of fused-ring (bicyclic) bond motifs is 1. The zero-order valence-electron chi connectivity index (χ0n) is 15.3. The lowest BCUT2D eigenvalue weighted by atomic mass is 10.1. The molecular formula is C20H20ClNO5. The topological polar surface area (TPSA) is 66.0 Å². The standard InChI is InChI=1S/C20H20ClNO5/c1-12-8-16(24-2)17(25-3)11-15(12)22-19(23)5-4-13-9-14(21)20-18(10-13)26-6-7-27-20/h4-5,8-11H,6-7H2,1-3H3,(H,22,23)/b5-4+. The number of anilines is 1. The maximum atomic E-state index is 12.3. The van der Waals surface area contributed by atoms with Crippen molar-refractivity contribution in [3.8, 4) is 23.0 Å². The highest BCUT2D eigenvalue weighted by Crippen LogP contribution is 2.38. The van der Waals surface area contributed by atoms with Gasteiger partial charge >= 0.3 is 0 Å². The number of methoxy groups -OCH3 is 2. The normalized spacial score (nSPS) is 12.7. The van der Waals surface area contributed by atoms with Gasteiger partial charge in [-0.2, -0.15) is 0 Å². The van der Waals surface area contributed by atoms with Crippen LogP contribution in [0.15, 0.2) is 30.3 Å². The Morgan fingerprint density at radius 2 is 1.81 bits per heavy atom. The molecule has 0 bridgehead atoms. The molecule has 3 rings (SSSR count). The molecule has 0 unspecified atom stereocenters. The first-order valence-electron chi connectivity index (χ1n) is 8.32. The van der Waals surface area contributed by atoms with Gasteiger partial charge in [-0.3, -0.25) is 4.79 Å². The van der Waals surface area contributed by atoms with Gasteiger partial charge in [0.25, 0.3) is 0 Å². The molecule has 0 atom stereocenters. The highest BCUT2D eigenvalue weighted by molar-refractivity contribution is 6.32. The van der Waals surface area contributed by atoms with E-state index in [9.17, 15) is 4.79 Å². The maximum absolute atomic E-state index is 12.3. The predicted octanol–water partition coefficient (Wildman–Crippen LogP) is 4.09. The summed E-state index contributed by atoms with van der Waals surface area (Å²) < 4.78 is 21.6. The third kappa shape index (κ3) is 4.28. The molecule has 2 aromatic rings. The fourth-order valence-electron chi connectivity index (χ4n) is 2.69. The lowest BCUT2D eigenvalue weighted by molar-refractivity contribution is -0.111. The van der Waals surface area contributed by atoms with Gasteiger partial charge in [-0.25, -0.2) is 0 Å². The Balaban J connectivity index is 1.75. The molecule has 0 spiro atoms. The number of benzene rings is 2. The van der Waals surface area contributed by atoms with E-state index in [1.165, 1.54) is 6.08 Å². The number of carbonyl (C=O) groups is 1. The van der Waals surface area contributed by atoms with Crippen LogP contribution >= 0.6 is 11.6 Å². The quantitative estimate of drug-likeness (QED) is 0.780. The smallest absolute Gasteiger partial charge is 0.248 e.